The van der Waals surface area contributed by atoms with Crippen LogP contribution in [0.5, 0.6) is 0 Å². The SMILES string of the molecule is CCN(CC)C1CCC(C)C(C)C1C. The summed E-state index contributed by atoms with van der Waals surface area (Å²) in [7, 11) is 0. The number of rotatable bonds is 3. The molecule has 0 saturated heterocycles. The molecule has 1 fully saturated rings. The van der Waals surface area contributed by atoms with Gasteiger partial charge in [-0.25, -0.2) is 0 Å². The van der Waals surface area contributed by atoms with E-state index in [1.54, 1.807) is 0 Å². The minimum Gasteiger partial charge on any atom is -0.301 e. The molecule has 4 unspecified atom stereocenters. The van der Waals surface area contributed by atoms with Crippen molar-refractivity contribution in [1.29, 1.82) is 0 Å². The van der Waals surface area contributed by atoms with Gasteiger partial charge in [-0.3, -0.25) is 0 Å². The van der Waals surface area contributed by atoms with Gasteiger partial charge in [0.15, 0.2) is 0 Å². The van der Waals surface area contributed by atoms with Crippen LogP contribution in [-0.4, -0.2) is 24.0 Å². The largest absolute Gasteiger partial charge is 0.301 e. The van der Waals surface area contributed by atoms with Crippen molar-refractivity contribution in [3.63, 3.8) is 0 Å². The summed E-state index contributed by atoms with van der Waals surface area (Å²) in [5.74, 6) is 2.70. The quantitative estimate of drug-likeness (QED) is 0.670. The Bertz CT molecular complexity index is 163. The highest BCUT2D eigenvalue weighted by molar-refractivity contribution is 4.86. The normalized spacial score (nSPS) is 39.0. The Morgan fingerprint density at radius 1 is 0.929 bits per heavy atom. The monoisotopic (exact) mass is 197 g/mol. The molecule has 1 aliphatic rings. The summed E-state index contributed by atoms with van der Waals surface area (Å²) < 4.78 is 0. The molecule has 1 rings (SSSR count). The molecule has 1 heteroatoms. The van der Waals surface area contributed by atoms with E-state index in [-0.39, 0.29) is 0 Å². The highest BCUT2D eigenvalue weighted by Gasteiger charge is 2.33. The molecule has 0 aromatic rings. The average Bonchev–Trinajstić information content (AvgIpc) is 2.19. The van der Waals surface area contributed by atoms with Gasteiger partial charge in [-0.05, 0) is 43.7 Å². The number of hydrogen-bond donors (Lipinski definition) is 0. The summed E-state index contributed by atoms with van der Waals surface area (Å²) in [4.78, 5) is 2.65. The third-order valence-electron chi connectivity index (χ3n) is 4.53. The van der Waals surface area contributed by atoms with Gasteiger partial charge in [0, 0.05) is 6.04 Å². The maximum absolute atomic E-state index is 2.65. The first-order valence-electron chi connectivity index (χ1n) is 6.35. The van der Waals surface area contributed by atoms with Crippen LogP contribution in [0.3, 0.4) is 0 Å². The van der Waals surface area contributed by atoms with Gasteiger partial charge in [-0.1, -0.05) is 34.6 Å². The Morgan fingerprint density at radius 2 is 1.50 bits per heavy atom. The third kappa shape index (κ3) is 2.31. The van der Waals surface area contributed by atoms with Crippen LogP contribution in [0, 0.1) is 17.8 Å². The van der Waals surface area contributed by atoms with E-state index in [0.29, 0.717) is 0 Å². The van der Waals surface area contributed by atoms with Gasteiger partial charge < -0.3 is 4.90 Å². The van der Waals surface area contributed by atoms with Gasteiger partial charge in [-0.2, -0.15) is 0 Å². The van der Waals surface area contributed by atoms with E-state index < -0.39 is 0 Å². The van der Waals surface area contributed by atoms with Gasteiger partial charge in [-0.15, -0.1) is 0 Å². The van der Waals surface area contributed by atoms with Crippen LogP contribution >= 0.6 is 0 Å². The summed E-state index contributed by atoms with van der Waals surface area (Å²) in [6.45, 7) is 14.3. The van der Waals surface area contributed by atoms with Gasteiger partial charge in [0.25, 0.3) is 0 Å². The van der Waals surface area contributed by atoms with Crippen LogP contribution in [-0.2, 0) is 0 Å². The van der Waals surface area contributed by atoms with Gasteiger partial charge in [0.1, 0.15) is 0 Å². The van der Waals surface area contributed by atoms with Crippen molar-refractivity contribution in [2.24, 2.45) is 17.8 Å². The van der Waals surface area contributed by atoms with E-state index >= 15 is 0 Å². The zero-order valence-electron chi connectivity index (χ0n) is 10.6. The second-order valence-corrected chi connectivity index (χ2v) is 5.06. The highest BCUT2D eigenvalue weighted by Crippen LogP contribution is 2.36. The molecule has 1 nitrogen and oxygen atoms in total. The van der Waals surface area contributed by atoms with E-state index in [4.69, 9.17) is 0 Å². The maximum Gasteiger partial charge on any atom is 0.0123 e. The van der Waals surface area contributed by atoms with Crippen molar-refractivity contribution >= 4 is 0 Å². The molecule has 4 atom stereocenters. The Balaban J connectivity index is 2.62. The zero-order valence-corrected chi connectivity index (χ0v) is 10.6. The Kier molecular flexibility index (Phi) is 4.43. The third-order valence-corrected chi connectivity index (χ3v) is 4.53. The molecule has 0 bridgehead atoms. The van der Waals surface area contributed by atoms with Crippen molar-refractivity contribution in [3.05, 3.63) is 0 Å². The fourth-order valence-electron chi connectivity index (χ4n) is 3.04. The lowest BCUT2D eigenvalue weighted by Crippen LogP contribution is -2.45. The van der Waals surface area contributed by atoms with Crippen LogP contribution in [0.4, 0.5) is 0 Å². The van der Waals surface area contributed by atoms with Crippen LogP contribution < -0.4 is 0 Å². The number of nitrogens with zero attached hydrogens (tertiary/aromatic N) is 1. The fourth-order valence-corrected chi connectivity index (χ4v) is 3.04. The zero-order chi connectivity index (χ0) is 10.7. The van der Waals surface area contributed by atoms with E-state index in [1.165, 1.54) is 25.9 Å². The lowest BCUT2D eigenvalue weighted by Gasteiger charge is -2.43. The standard InChI is InChI=1S/C13H27N/c1-6-14(7-2)13-9-8-10(3)11(4)12(13)5/h10-13H,6-9H2,1-5H3. The van der Waals surface area contributed by atoms with E-state index in [9.17, 15) is 0 Å². The molecule has 0 heterocycles. The summed E-state index contributed by atoms with van der Waals surface area (Å²) in [5, 5.41) is 0. The molecule has 1 aliphatic carbocycles. The van der Waals surface area contributed by atoms with E-state index in [2.05, 4.69) is 39.5 Å². The smallest absolute Gasteiger partial charge is 0.0123 e. The fraction of sp³-hybridized carbons (Fsp3) is 1.00. The molecule has 0 aliphatic heterocycles. The first kappa shape index (κ1) is 12.0. The Hall–Kier alpha value is -0.0400. The summed E-state index contributed by atoms with van der Waals surface area (Å²) in [6, 6.07) is 0.844. The molecular formula is C13H27N. The maximum atomic E-state index is 2.65. The average molecular weight is 197 g/mol. The van der Waals surface area contributed by atoms with Crippen molar-refractivity contribution < 1.29 is 0 Å². The second-order valence-electron chi connectivity index (χ2n) is 5.06. The first-order valence-corrected chi connectivity index (χ1v) is 6.35. The van der Waals surface area contributed by atoms with Crippen molar-refractivity contribution in [2.75, 3.05) is 13.1 Å². The summed E-state index contributed by atoms with van der Waals surface area (Å²) in [5.41, 5.74) is 0. The van der Waals surface area contributed by atoms with Crippen molar-refractivity contribution in [3.8, 4) is 0 Å². The van der Waals surface area contributed by atoms with Crippen LogP contribution in [0.1, 0.15) is 47.5 Å². The van der Waals surface area contributed by atoms with Crippen LogP contribution in [0.2, 0.25) is 0 Å². The van der Waals surface area contributed by atoms with E-state index in [0.717, 1.165) is 23.8 Å². The number of hydrogen-bond acceptors (Lipinski definition) is 1. The minimum absolute atomic E-state index is 0.844. The van der Waals surface area contributed by atoms with Crippen molar-refractivity contribution in [2.45, 2.75) is 53.5 Å². The lowest BCUT2D eigenvalue weighted by atomic mass is 9.71. The second kappa shape index (κ2) is 5.16. The van der Waals surface area contributed by atoms with E-state index in [1.807, 2.05) is 0 Å². The summed E-state index contributed by atoms with van der Waals surface area (Å²) in [6.07, 6.45) is 2.83. The molecule has 0 radical (unpaired) electrons. The Labute approximate surface area is 89.9 Å². The minimum atomic E-state index is 0.844. The molecule has 0 aromatic heterocycles. The highest BCUT2D eigenvalue weighted by atomic mass is 15.1. The molecule has 0 aromatic carbocycles. The Morgan fingerprint density at radius 3 is 2.00 bits per heavy atom. The first-order chi connectivity index (χ1) is 6.61. The van der Waals surface area contributed by atoms with Crippen LogP contribution in [0.15, 0.2) is 0 Å². The molecule has 0 amide bonds. The summed E-state index contributed by atoms with van der Waals surface area (Å²) >= 11 is 0. The molecule has 0 N–H and O–H groups in total. The van der Waals surface area contributed by atoms with Gasteiger partial charge >= 0.3 is 0 Å². The topological polar surface area (TPSA) is 3.24 Å². The van der Waals surface area contributed by atoms with Gasteiger partial charge in [0.05, 0.1) is 0 Å². The predicted molar refractivity (Wildman–Crippen MR) is 63.4 cm³/mol. The lowest BCUT2D eigenvalue weighted by molar-refractivity contribution is 0.0608. The van der Waals surface area contributed by atoms with Gasteiger partial charge in [0.2, 0.25) is 0 Å². The molecule has 84 valence electrons. The predicted octanol–water partition coefficient (Wildman–Crippen LogP) is 3.40. The van der Waals surface area contributed by atoms with Crippen LogP contribution in [0.25, 0.3) is 0 Å². The van der Waals surface area contributed by atoms with Crippen molar-refractivity contribution in [1.82, 2.24) is 4.90 Å². The molecular weight excluding hydrogens is 170 g/mol. The molecule has 1 saturated carbocycles. The molecule has 14 heavy (non-hydrogen) atoms. The molecule has 0 spiro atoms.